The number of benzene rings is 5. The number of fused-ring (bicyclic) bond motifs is 4. The molecule has 11 aliphatic carbocycles. The Bertz CT molecular complexity index is 4450. The molecule has 16 atom stereocenters. The van der Waals surface area contributed by atoms with Crippen LogP contribution in [0.15, 0.2) is 164 Å². The fraction of sp³-hybridized carbons (Fsp3) is 0.550. The molecule has 0 saturated heterocycles. The molecule has 0 spiro atoms. The van der Waals surface area contributed by atoms with Crippen LogP contribution in [0.25, 0.3) is 33.4 Å². The Morgan fingerprint density at radius 3 is 0.828 bits per heavy atom. The van der Waals surface area contributed by atoms with E-state index in [2.05, 4.69) is 322 Å². The second kappa shape index (κ2) is 39.8. The Kier molecular flexibility index (Phi) is 33.5. The van der Waals surface area contributed by atoms with Crippen LogP contribution in [0.3, 0.4) is 0 Å². The summed E-state index contributed by atoms with van der Waals surface area (Å²) in [5.74, 6) is 14.1. The Balaban J connectivity index is 0.000000254. The van der Waals surface area contributed by atoms with E-state index in [0.717, 1.165) is 80.8 Å². The summed E-state index contributed by atoms with van der Waals surface area (Å²) >= 11 is -1.65. The van der Waals surface area contributed by atoms with Crippen molar-refractivity contribution in [1.29, 1.82) is 0 Å². The van der Waals surface area contributed by atoms with E-state index in [1.54, 1.807) is 22.3 Å². The van der Waals surface area contributed by atoms with Gasteiger partial charge in [0, 0.05) is 33.4 Å². The Morgan fingerprint density at radius 2 is 0.557 bits per heavy atom. The number of hydrogen-bond acceptors (Lipinski definition) is 3. The van der Waals surface area contributed by atoms with Crippen LogP contribution >= 0.6 is 34.1 Å². The van der Waals surface area contributed by atoms with E-state index in [9.17, 15) is 0 Å². The topological polar surface area (TPSA) is 27.7 Å². The van der Waals surface area contributed by atoms with E-state index in [0.29, 0.717) is 47.3 Å². The molecule has 16 unspecified atom stereocenters. The molecule has 0 amide bonds. The van der Waals surface area contributed by atoms with Crippen LogP contribution < -0.4 is 14.2 Å². The van der Waals surface area contributed by atoms with Gasteiger partial charge in [-0.2, -0.15) is 0 Å². The summed E-state index contributed by atoms with van der Waals surface area (Å²) in [6.45, 7) is 56.4. The van der Waals surface area contributed by atoms with Crippen molar-refractivity contribution in [3.63, 3.8) is 0 Å². The first-order valence-electron chi connectivity index (χ1n) is 45.3. The molecule has 7 saturated carbocycles. The summed E-state index contributed by atoms with van der Waals surface area (Å²) in [5, 5.41) is 0. The molecule has 11 heteroatoms. The van der Waals surface area contributed by atoms with Crippen molar-refractivity contribution in [3.8, 4) is 28.4 Å². The first-order valence-corrected chi connectivity index (χ1v) is 64.3. The van der Waals surface area contributed by atoms with Crippen molar-refractivity contribution in [1.82, 2.24) is 0 Å². The van der Waals surface area contributed by atoms with Crippen LogP contribution in [0, 0.1) is 118 Å². The van der Waals surface area contributed by atoms with Gasteiger partial charge in [0.25, 0.3) is 0 Å². The molecule has 5 aromatic rings. The number of ether oxygens (including phenoxy) is 3. The van der Waals surface area contributed by atoms with Crippen LogP contribution in [-0.2, 0) is 74.2 Å². The Morgan fingerprint density at radius 1 is 0.320 bits per heavy atom. The van der Waals surface area contributed by atoms with E-state index < -0.39 is 57.8 Å². The van der Waals surface area contributed by atoms with E-state index in [4.69, 9.17) is 48.3 Å². The van der Waals surface area contributed by atoms with E-state index in [-0.39, 0.29) is 62.2 Å². The van der Waals surface area contributed by atoms with Crippen LogP contribution in [-0.4, -0.2) is 37.5 Å². The minimum absolute atomic E-state index is 0. The molecule has 5 aromatic carbocycles. The van der Waals surface area contributed by atoms with Gasteiger partial charge in [-0.25, -0.2) is 0 Å². The van der Waals surface area contributed by atoms with Crippen molar-refractivity contribution in [2.75, 3.05) is 21.3 Å². The van der Waals surface area contributed by atoms with Gasteiger partial charge in [-0.05, 0) is 300 Å². The SMILES string of the molecule is COc1c(C(C)(C)C)cc(C2=CC=CC3C2CC(C)C3[Si](C)(C)C2C3C=CC=C(c4ccccc4-c4ccccc4)C3CC2C2CC2)cc1C(C)(C)C.COc1c(C(C)(C)C)cc(C2=CC=CC3C2CC(C2CC2)C3[Si](C)(C)C2C3C=CC=C(c4cc(C(C)(C)C)c(OC)c(C(C)(C)C)c4)C3CC2C2CC2)cc1C(C)(C)C.[CH3-].[CH3-].[CH3-].[CH3-].[Cl][Zr+2][Cl].[Cl][Zr+2][Cl]. The van der Waals surface area contributed by atoms with Crippen LogP contribution in [0.2, 0.25) is 48.4 Å². The maximum absolute atomic E-state index is 6.26. The molecule has 0 bridgehead atoms. The zero-order valence-electron chi connectivity index (χ0n) is 80.9. The predicted octanol–water partition coefficient (Wildman–Crippen LogP) is 33.8. The number of methoxy groups -OCH3 is 3. The van der Waals surface area contributed by atoms with Gasteiger partial charge in [-0.1, -0.05) is 285 Å². The van der Waals surface area contributed by atoms with Gasteiger partial charge < -0.3 is 43.9 Å². The van der Waals surface area contributed by atoms with Crippen LogP contribution in [0.1, 0.15) is 251 Å². The molecule has 0 aliphatic heterocycles. The zero-order chi connectivity index (χ0) is 85.6. The van der Waals surface area contributed by atoms with Gasteiger partial charge in [0.2, 0.25) is 0 Å². The van der Waals surface area contributed by atoms with Crippen molar-refractivity contribution in [2.24, 2.45) is 88.8 Å². The summed E-state index contributed by atoms with van der Waals surface area (Å²) in [6, 6.07) is 35.4. The van der Waals surface area contributed by atoms with Gasteiger partial charge in [0.15, 0.2) is 0 Å². The molecule has 3 nitrogen and oxygen atoms in total. The fourth-order valence-electron chi connectivity index (χ4n) is 25.8. The summed E-state index contributed by atoms with van der Waals surface area (Å²) in [5.41, 5.74) is 26.0. The summed E-state index contributed by atoms with van der Waals surface area (Å²) in [6.07, 6.45) is 44.7. The van der Waals surface area contributed by atoms with Gasteiger partial charge in [0.05, 0.1) is 37.5 Å². The van der Waals surface area contributed by atoms with E-state index in [1.165, 1.54) is 131 Å². The van der Waals surface area contributed by atoms with E-state index >= 15 is 0 Å². The molecule has 0 aromatic heterocycles. The summed E-state index contributed by atoms with van der Waals surface area (Å²) < 4.78 is 18.7. The minimum atomic E-state index is -1.88. The number of hydrogen-bond donors (Lipinski definition) is 0. The average molecular weight is 1920 g/mol. The molecule has 11 aliphatic rings. The van der Waals surface area contributed by atoms with Crippen molar-refractivity contribution < 1.29 is 55.9 Å². The molecule has 7 fully saturated rings. The standard InChI is InChI=1S/C56H80O2Si.C51H64OSi.4CH3.4ClH.2Zr/c1-53(2,3)45-27-35(28-46(49(45)57-13)54(4,5)6)37-19-17-21-39-43(37)31-41(33-23-24-33)51(39)59(15,16)52-40-22-18-20-38(44(40)32-42(52)34-25-26-34)36-29-47(55(7,8)9)50(58-14)48(30-36)56(10,11)12;1-32-28-43-37(35-29-45(50(2,3)4)47(52-8)46(30-35)51(5,6)7)22-16-24-40(43)48(32)53(9,10)49-41-25-17-23-39(44(41)31-42(49)34-26-27-34)38-21-15-14-20-36(38)33-18-12-11-13-19-33;;;;;;;;;;/h17-22,27-30,33-34,39-44,51-52H,23-26,31-32H2,1-16H3;11-25,29-30,32,34,40-44,48-49H,26-28,31H2,1-10H3;4*1H3;4*1H;;/q;;4*-1;;;;;2*+4/p-4. The predicted molar refractivity (Wildman–Crippen MR) is 535 cm³/mol. The third-order valence-electron chi connectivity index (χ3n) is 30.9. The van der Waals surface area contributed by atoms with Crippen molar-refractivity contribution >= 4 is 72.5 Å². The molecule has 16 rings (SSSR count). The molecule has 0 radical (unpaired) electrons. The van der Waals surface area contributed by atoms with E-state index in [1.807, 2.05) is 21.3 Å². The quantitative estimate of drug-likeness (QED) is 0.0772. The average Bonchev–Trinajstić information content (AvgIpc) is 1.55. The van der Waals surface area contributed by atoms with Gasteiger partial charge in [-0.3, -0.25) is 0 Å². The first-order chi connectivity index (χ1) is 55.5. The Hall–Kier alpha value is -3.22. The first kappa shape index (κ1) is 103. The normalized spacial score (nSPS) is 27.6. The van der Waals surface area contributed by atoms with Crippen LogP contribution in [0.5, 0.6) is 17.2 Å². The molecule has 0 N–H and O–H groups in total. The molecular weight excluding hydrogens is 1760 g/mol. The number of rotatable bonds is 15. The van der Waals surface area contributed by atoms with Crippen molar-refractivity contribution in [3.05, 3.63) is 249 Å². The summed E-state index contributed by atoms with van der Waals surface area (Å²) in [7, 11) is 21.7. The van der Waals surface area contributed by atoms with Gasteiger partial charge in [0.1, 0.15) is 17.2 Å². The van der Waals surface area contributed by atoms with Crippen molar-refractivity contribution in [2.45, 2.75) is 277 Å². The number of halogens is 4. The summed E-state index contributed by atoms with van der Waals surface area (Å²) in [4.78, 5) is 0. The third-order valence-corrected chi connectivity index (χ3v) is 41.2. The second-order valence-electron chi connectivity index (χ2n) is 45.3. The maximum atomic E-state index is 6.26. The van der Waals surface area contributed by atoms with Gasteiger partial charge >= 0.3 is 75.7 Å². The molecule has 662 valence electrons. The molecule has 122 heavy (non-hydrogen) atoms. The van der Waals surface area contributed by atoms with Crippen LogP contribution in [0.4, 0.5) is 0 Å². The fourth-order valence-corrected chi connectivity index (χ4v) is 38.2. The third kappa shape index (κ3) is 20.7. The molecule has 0 heterocycles. The monoisotopic (exact) mass is 1910 g/mol. The zero-order valence-corrected chi connectivity index (χ0v) is 90.8. The Labute approximate surface area is 785 Å². The molecular formula is C111H156Cl4O3Si2Zr2. The second-order valence-corrected chi connectivity index (χ2v) is 62.7. The van der Waals surface area contributed by atoms with Gasteiger partial charge in [-0.15, -0.1) is 0 Å². The number of allylic oxidation sites excluding steroid dienone is 16.